The number of rotatable bonds is 7. The van der Waals surface area contributed by atoms with Gasteiger partial charge in [-0.25, -0.2) is 8.42 Å². The molecule has 1 aromatic carbocycles. The molecule has 0 spiro atoms. The number of amides is 1. The Bertz CT molecular complexity index is 856. The molecule has 0 radical (unpaired) electrons. The summed E-state index contributed by atoms with van der Waals surface area (Å²) in [7, 11) is -3.11. The van der Waals surface area contributed by atoms with E-state index >= 15 is 0 Å². The van der Waals surface area contributed by atoms with Crippen molar-refractivity contribution >= 4 is 27.1 Å². The first-order chi connectivity index (χ1) is 12.0. The molecule has 0 saturated heterocycles. The van der Waals surface area contributed by atoms with Gasteiger partial charge in [-0.2, -0.15) is 0 Å². The summed E-state index contributed by atoms with van der Waals surface area (Å²) < 4.78 is 28.4. The molecule has 1 aromatic heterocycles. The number of hydrogen-bond donors (Lipinski definition) is 1. The molecular formula is C18H19NO4S2. The zero-order valence-electron chi connectivity index (χ0n) is 13.6. The van der Waals surface area contributed by atoms with Gasteiger partial charge in [0.15, 0.2) is 9.84 Å². The molecule has 5 nitrogen and oxygen atoms in total. The molecule has 2 aromatic rings. The summed E-state index contributed by atoms with van der Waals surface area (Å²) in [6, 6.07) is 11.6. The van der Waals surface area contributed by atoms with E-state index in [2.05, 4.69) is 5.32 Å². The van der Waals surface area contributed by atoms with Crippen LogP contribution in [-0.2, 0) is 27.8 Å². The first-order valence-corrected chi connectivity index (χ1v) is 10.5. The van der Waals surface area contributed by atoms with Gasteiger partial charge in [-0.1, -0.05) is 24.3 Å². The van der Waals surface area contributed by atoms with Crippen molar-refractivity contribution in [1.82, 2.24) is 5.32 Å². The number of ether oxygens (including phenoxy) is 1. The third-order valence-corrected chi connectivity index (χ3v) is 6.22. The van der Waals surface area contributed by atoms with Crippen LogP contribution in [0.4, 0.5) is 0 Å². The number of para-hydroxylation sites is 1. The van der Waals surface area contributed by atoms with E-state index in [-0.39, 0.29) is 24.0 Å². The van der Waals surface area contributed by atoms with E-state index in [1.54, 1.807) is 17.4 Å². The number of benzene rings is 1. The van der Waals surface area contributed by atoms with Gasteiger partial charge in [0, 0.05) is 28.2 Å². The van der Waals surface area contributed by atoms with Crippen molar-refractivity contribution in [3.63, 3.8) is 0 Å². The van der Waals surface area contributed by atoms with Crippen LogP contribution in [0.1, 0.15) is 16.9 Å². The van der Waals surface area contributed by atoms with Crippen molar-refractivity contribution in [3.05, 3.63) is 63.7 Å². The van der Waals surface area contributed by atoms with Crippen LogP contribution >= 0.6 is 11.3 Å². The van der Waals surface area contributed by atoms with E-state index in [4.69, 9.17) is 4.74 Å². The van der Waals surface area contributed by atoms with Crippen molar-refractivity contribution in [2.45, 2.75) is 19.6 Å². The molecule has 1 atom stereocenters. The maximum Gasteiger partial charge on any atom is 0.220 e. The highest BCUT2D eigenvalue weighted by molar-refractivity contribution is 7.94. The van der Waals surface area contributed by atoms with Crippen LogP contribution in [0.2, 0.25) is 0 Å². The lowest BCUT2D eigenvalue weighted by atomic mass is 10.1. The van der Waals surface area contributed by atoms with Gasteiger partial charge in [-0.3, -0.25) is 4.79 Å². The van der Waals surface area contributed by atoms with E-state index in [1.807, 2.05) is 41.8 Å². The van der Waals surface area contributed by atoms with Crippen molar-refractivity contribution in [2.24, 2.45) is 5.92 Å². The lowest BCUT2D eigenvalue weighted by Gasteiger charge is -2.07. The number of thiophene rings is 1. The third kappa shape index (κ3) is 5.44. The average molecular weight is 377 g/mol. The van der Waals surface area contributed by atoms with E-state index in [9.17, 15) is 13.2 Å². The minimum Gasteiger partial charge on any atom is -0.489 e. The van der Waals surface area contributed by atoms with Gasteiger partial charge in [0.2, 0.25) is 5.91 Å². The van der Waals surface area contributed by atoms with Gasteiger partial charge in [0.05, 0.1) is 12.3 Å². The second-order valence-electron chi connectivity index (χ2n) is 5.92. The molecule has 0 saturated carbocycles. The average Bonchev–Trinajstić information content (AvgIpc) is 3.18. The fraction of sp³-hybridized carbons (Fsp3) is 0.278. The zero-order chi connectivity index (χ0) is 17.7. The largest absolute Gasteiger partial charge is 0.489 e. The first kappa shape index (κ1) is 17.7. The number of carbonyl (C=O) groups excluding carboxylic acids is 1. The summed E-state index contributed by atoms with van der Waals surface area (Å²) in [6.45, 7) is 0.928. The summed E-state index contributed by atoms with van der Waals surface area (Å²) in [4.78, 5) is 13.0. The number of nitrogens with one attached hydrogen (secondary N) is 1. The Balaban J connectivity index is 1.42. The number of hydrogen-bond acceptors (Lipinski definition) is 5. The lowest BCUT2D eigenvalue weighted by Crippen LogP contribution is -2.25. The molecule has 132 valence electrons. The SMILES string of the molecule is O=C(C[C@@H]1C=CS(=O)(=O)C1)NCc1cc(COc2ccccc2)cs1. The molecular weight excluding hydrogens is 358 g/mol. The molecule has 2 heterocycles. The topological polar surface area (TPSA) is 72.5 Å². The monoisotopic (exact) mass is 377 g/mol. The Morgan fingerprint density at radius 1 is 1.28 bits per heavy atom. The van der Waals surface area contributed by atoms with Crippen LogP contribution in [0.25, 0.3) is 0 Å². The highest BCUT2D eigenvalue weighted by Gasteiger charge is 2.23. The van der Waals surface area contributed by atoms with Gasteiger partial charge in [0.25, 0.3) is 0 Å². The molecule has 25 heavy (non-hydrogen) atoms. The van der Waals surface area contributed by atoms with Crippen LogP contribution in [0.3, 0.4) is 0 Å². The number of allylic oxidation sites excluding steroid dienone is 1. The first-order valence-electron chi connectivity index (χ1n) is 7.92. The Kier molecular flexibility index (Phi) is 5.55. The van der Waals surface area contributed by atoms with Gasteiger partial charge >= 0.3 is 0 Å². The van der Waals surface area contributed by atoms with Gasteiger partial charge in [0.1, 0.15) is 12.4 Å². The standard InChI is InChI=1S/C18H19NO4S2/c20-18(9-14-6-7-25(21,22)13-14)19-10-17-8-15(12-24-17)11-23-16-4-2-1-3-5-16/h1-8,12,14H,9-11,13H2,(H,19,20)/t14-/m0/s1. The highest BCUT2D eigenvalue weighted by Crippen LogP contribution is 2.19. The molecule has 1 amide bonds. The van der Waals surface area contributed by atoms with Crippen LogP contribution in [0.15, 0.2) is 53.3 Å². The van der Waals surface area contributed by atoms with Crippen LogP contribution in [-0.4, -0.2) is 20.1 Å². The second-order valence-corrected chi connectivity index (χ2v) is 8.85. The Labute approximate surface area is 151 Å². The van der Waals surface area contributed by atoms with E-state index in [0.717, 1.165) is 16.2 Å². The molecule has 3 rings (SSSR count). The summed E-state index contributed by atoms with van der Waals surface area (Å²) in [5.41, 5.74) is 1.06. The molecule has 1 N–H and O–H groups in total. The fourth-order valence-electron chi connectivity index (χ4n) is 2.54. The van der Waals surface area contributed by atoms with Gasteiger partial charge in [-0.05, 0) is 23.6 Å². The Hall–Kier alpha value is -2.12. The zero-order valence-corrected chi connectivity index (χ0v) is 15.2. The molecule has 0 fully saturated rings. The quantitative estimate of drug-likeness (QED) is 0.805. The van der Waals surface area contributed by atoms with Crippen molar-refractivity contribution in [2.75, 3.05) is 5.75 Å². The minimum absolute atomic E-state index is 0.0282. The van der Waals surface area contributed by atoms with E-state index < -0.39 is 9.84 Å². The summed E-state index contributed by atoms with van der Waals surface area (Å²) in [5, 5.41) is 6.05. The van der Waals surface area contributed by atoms with Crippen LogP contribution in [0, 0.1) is 5.92 Å². The smallest absolute Gasteiger partial charge is 0.220 e. The van der Waals surface area contributed by atoms with Crippen LogP contribution in [0.5, 0.6) is 5.75 Å². The Morgan fingerprint density at radius 2 is 2.08 bits per heavy atom. The third-order valence-electron chi connectivity index (χ3n) is 3.77. The molecule has 1 aliphatic heterocycles. The summed E-state index contributed by atoms with van der Waals surface area (Å²) in [6.07, 6.45) is 1.80. The van der Waals surface area contributed by atoms with Gasteiger partial charge < -0.3 is 10.1 Å². The van der Waals surface area contributed by atoms with E-state index in [0.29, 0.717) is 13.2 Å². The molecule has 0 bridgehead atoms. The van der Waals surface area contributed by atoms with Crippen molar-refractivity contribution in [3.8, 4) is 5.75 Å². The normalized spacial score (nSPS) is 18.2. The van der Waals surface area contributed by atoms with Crippen molar-refractivity contribution in [1.29, 1.82) is 0 Å². The summed E-state index contributed by atoms with van der Waals surface area (Å²) in [5.74, 6) is 0.494. The lowest BCUT2D eigenvalue weighted by molar-refractivity contribution is -0.121. The number of carbonyl (C=O) groups is 1. The van der Waals surface area contributed by atoms with Crippen LogP contribution < -0.4 is 10.1 Å². The molecule has 1 aliphatic rings. The maximum atomic E-state index is 11.9. The molecule has 0 unspecified atom stereocenters. The Morgan fingerprint density at radius 3 is 2.80 bits per heavy atom. The predicted molar refractivity (Wildman–Crippen MR) is 98.0 cm³/mol. The fourth-order valence-corrected chi connectivity index (χ4v) is 4.75. The van der Waals surface area contributed by atoms with Gasteiger partial charge in [-0.15, -0.1) is 11.3 Å². The maximum absolute atomic E-state index is 11.9. The highest BCUT2D eigenvalue weighted by atomic mass is 32.2. The van der Waals surface area contributed by atoms with E-state index in [1.165, 1.54) is 5.41 Å². The summed E-state index contributed by atoms with van der Waals surface area (Å²) >= 11 is 1.56. The second kappa shape index (κ2) is 7.84. The predicted octanol–water partition coefficient (Wildman–Crippen LogP) is 2.89. The molecule has 7 heteroatoms. The minimum atomic E-state index is -3.11. The molecule has 0 aliphatic carbocycles. The number of sulfone groups is 1. The van der Waals surface area contributed by atoms with Crippen molar-refractivity contribution < 1.29 is 17.9 Å².